The molecule has 13 heavy (non-hydrogen) atoms. The average molecular weight is 172 g/mol. The van der Waals surface area contributed by atoms with E-state index in [4.69, 9.17) is 16.7 Å². The van der Waals surface area contributed by atoms with E-state index in [1.807, 2.05) is 6.07 Å². The molecule has 0 bridgehead atoms. The number of pyridine rings is 1. The van der Waals surface area contributed by atoms with Crippen molar-refractivity contribution < 1.29 is 0 Å². The van der Waals surface area contributed by atoms with Crippen LogP contribution in [0.15, 0.2) is 12.3 Å². The number of anilines is 1. The zero-order valence-electron chi connectivity index (χ0n) is 6.91. The number of aromatic nitrogens is 1. The summed E-state index contributed by atoms with van der Waals surface area (Å²) in [5, 5.41) is 8.63. The highest BCUT2D eigenvalue weighted by Crippen LogP contribution is 2.07. The molecule has 4 nitrogen and oxygen atoms in total. The first kappa shape index (κ1) is 9.05. The van der Waals surface area contributed by atoms with Crippen molar-refractivity contribution in [1.82, 2.24) is 4.98 Å². The van der Waals surface area contributed by atoms with Crippen LogP contribution in [0.25, 0.3) is 0 Å². The van der Waals surface area contributed by atoms with Gasteiger partial charge in [0, 0.05) is 11.8 Å². The number of nitrogen functional groups attached to an aromatic ring is 1. The van der Waals surface area contributed by atoms with Crippen molar-refractivity contribution in [2.75, 3.05) is 12.3 Å². The molecule has 0 unspecified atom stereocenters. The number of hydrogen-bond donors (Lipinski definition) is 2. The SMILES string of the molecule is N#Cc1cc(C#CCN)cnc1N. The molecule has 0 aromatic carbocycles. The molecule has 0 saturated carbocycles. The molecular weight excluding hydrogens is 164 g/mol. The third-order valence-corrected chi connectivity index (χ3v) is 1.37. The highest BCUT2D eigenvalue weighted by atomic mass is 14.8. The summed E-state index contributed by atoms with van der Waals surface area (Å²) in [6.07, 6.45) is 1.51. The van der Waals surface area contributed by atoms with E-state index < -0.39 is 0 Å². The van der Waals surface area contributed by atoms with Crippen LogP contribution >= 0.6 is 0 Å². The summed E-state index contributed by atoms with van der Waals surface area (Å²) in [5.74, 6) is 5.65. The first-order valence-electron chi connectivity index (χ1n) is 3.62. The Bertz CT molecular complexity index is 406. The average Bonchev–Trinajstić information content (AvgIpc) is 2.16. The normalized spacial score (nSPS) is 8.31. The molecule has 0 aliphatic rings. The van der Waals surface area contributed by atoms with E-state index in [9.17, 15) is 0 Å². The Morgan fingerprint density at radius 1 is 1.54 bits per heavy atom. The molecule has 1 rings (SSSR count). The molecule has 0 aliphatic carbocycles. The predicted molar refractivity (Wildman–Crippen MR) is 49.3 cm³/mol. The zero-order chi connectivity index (χ0) is 9.68. The first-order valence-corrected chi connectivity index (χ1v) is 3.62. The smallest absolute Gasteiger partial charge is 0.141 e. The highest BCUT2D eigenvalue weighted by molar-refractivity contribution is 5.52. The quantitative estimate of drug-likeness (QED) is 0.532. The van der Waals surface area contributed by atoms with Gasteiger partial charge < -0.3 is 11.5 Å². The maximum atomic E-state index is 8.63. The molecule has 0 amide bonds. The summed E-state index contributed by atoms with van der Waals surface area (Å²) in [6, 6.07) is 3.51. The molecule has 64 valence electrons. The summed E-state index contributed by atoms with van der Waals surface area (Å²) in [6.45, 7) is 0.284. The Labute approximate surface area is 76.2 Å². The minimum absolute atomic E-state index is 0.223. The van der Waals surface area contributed by atoms with Crippen LogP contribution in [0, 0.1) is 23.2 Å². The lowest BCUT2D eigenvalue weighted by Gasteiger charge is -1.95. The van der Waals surface area contributed by atoms with E-state index in [0.29, 0.717) is 11.1 Å². The van der Waals surface area contributed by atoms with Crippen molar-refractivity contribution in [1.29, 1.82) is 5.26 Å². The molecule has 0 atom stereocenters. The second-order valence-electron chi connectivity index (χ2n) is 2.27. The van der Waals surface area contributed by atoms with Crippen LogP contribution in [0.3, 0.4) is 0 Å². The van der Waals surface area contributed by atoms with Gasteiger partial charge in [0.2, 0.25) is 0 Å². The van der Waals surface area contributed by atoms with Crippen LogP contribution in [-0.2, 0) is 0 Å². The van der Waals surface area contributed by atoms with E-state index in [-0.39, 0.29) is 12.4 Å². The Morgan fingerprint density at radius 3 is 2.92 bits per heavy atom. The van der Waals surface area contributed by atoms with E-state index >= 15 is 0 Å². The van der Waals surface area contributed by atoms with Crippen LogP contribution in [0.5, 0.6) is 0 Å². The second kappa shape index (κ2) is 4.10. The minimum atomic E-state index is 0.223. The van der Waals surface area contributed by atoms with Crippen LogP contribution in [-0.4, -0.2) is 11.5 Å². The Balaban J connectivity index is 3.08. The van der Waals surface area contributed by atoms with Crippen LogP contribution in [0.2, 0.25) is 0 Å². The first-order chi connectivity index (χ1) is 6.27. The summed E-state index contributed by atoms with van der Waals surface area (Å²) >= 11 is 0. The molecule has 4 N–H and O–H groups in total. The lowest BCUT2D eigenvalue weighted by Crippen LogP contribution is -1.96. The number of nitrogens with two attached hydrogens (primary N) is 2. The van der Waals surface area contributed by atoms with Gasteiger partial charge in [0.1, 0.15) is 11.9 Å². The summed E-state index contributed by atoms with van der Waals surface area (Å²) in [5.41, 5.74) is 11.6. The van der Waals surface area contributed by atoms with Gasteiger partial charge in [-0.1, -0.05) is 11.8 Å². The van der Waals surface area contributed by atoms with Gasteiger partial charge in [-0.25, -0.2) is 4.98 Å². The molecule has 0 aliphatic heterocycles. The van der Waals surface area contributed by atoms with Gasteiger partial charge in [0.15, 0.2) is 0 Å². The minimum Gasteiger partial charge on any atom is -0.383 e. The second-order valence-corrected chi connectivity index (χ2v) is 2.27. The maximum absolute atomic E-state index is 8.63. The van der Waals surface area contributed by atoms with E-state index in [2.05, 4.69) is 16.8 Å². The van der Waals surface area contributed by atoms with Crippen molar-refractivity contribution in [2.45, 2.75) is 0 Å². The van der Waals surface area contributed by atoms with Crippen molar-refractivity contribution in [3.63, 3.8) is 0 Å². The van der Waals surface area contributed by atoms with Crippen molar-refractivity contribution in [3.05, 3.63) is 23.4 Å². The number of rotatable bonds is 0. The molecule has 1 heterocycles. The Morgan fingerprint density at radius 2 is 2.31 bits per heavy atom. The molecule has 4 heteroatoms. The van der Waals surface area contributed by atoms with Crippen molar-refractivity contribution in [3.8, 4) is 17.9 Å². The molecular formula is C9H8N4. The number of nitriles is 1. The standard InChI is InChI=1S/C9H8N4/c10-3-1-2-7-4-8(5-11)9(12)13-6-7/h4,6H,3,10H2,(H2,12,13). The number of hydrogen-bond acceptors (Lipinski definition) is 4. The molecule has 0 radical (unpaired) electrons. The fraction of sp³-hybridized carbons (Fsp3) is 0.111. The fourth-order valence-electron chi connectivity index (χ4n) is 0.786. The van der Waals surface area contributed by atoms with Crippen LogP contribution in [0.1, 0.15) is 11.1 Å². The lowest BCUT2D eigenvalue weighted by molar-refractivity contribution is 1.28. The summed E-state index contributed by atoms with van der Waals surface area (Å²) < 4.78 is 0. The van der Waals surface area contributed by atoms with Gasteiger partial charge in [-0.2, -0.15) is 5.26 Å². The number of nitrogens with zero attached hydrogens (tertiary/aromatic N) is 2. The van der Waals surface area contributed by atoms with E-state index in [1.54, 1.807) is 6.07 Å². The Kier molecular flexibility index (Phi) is 2.86. The van der Waals surface area contributed by atoms with Gasteiger partial charge in [-0.05, 0) is 6.07 Å². The van der Waals surface area contributed by atoms with E-state index in [1.165, 1.54) is 6.20 Å². The molecule has 1 aromatic rings. The third-order valence-electron chi connectivity index (χ3n) is 1.37. The summed E-state index contributed by atoms with van der Waals surface area (Å²) in [4.78, 5) is 3.81. The highest BCUT2D eigenvalue weighted by Gasteiger charge is 1.98. The molecule has 1 aromatic heterocycles. The predicted octanol–water partition coefficient (Wildman–Crippen LogP) is -0.154. The van der Waals surface area contributed by atoms with Gasteiger partial charge in [0.25, 0.3) is 0 Å². The van der Waals surface area contributed by atoms with Crippen molar-refractivity contribution in [2.24, 2.45) is 5.73 Å². The van der Waals surface area contributed by atoms with Gasteiger partial charge in [0.05, 0.1) is 12.1 Å². The third kappa shape index (κ3) is 2.19. The van der Waals surface area contributed by atoms with Crippen LogP contribution in [0.4, 0.5) is 5.82 Å². The monoisotopic (exact) mass is 172 g/mol. The van der Waals surface area contributed by atoms with Gasteiger partial charge in [-0.3, -0.25) is 0 Å². The van der Waals surface area contributed by atoms with Gasteiger partial charge >= 0.3 is 0 Å². The van der Waals surface area contributed by atoms with E-state index in [0.717, 1.165) is 0 Å². The Hall–Kier alpha value is -2.04. The largest absolute Gasteiger partial charge is 0.383 e. The lowest BCUT2D eigenvalue weighted by atomic mass is 10.2. The zero-order valence-corrected chi connectivity index (χ0v) is 6.91. The maximum Gasteiger partial charge on any atom is 0.141 e. The summed E-state index contributed by atoms with van der Waals surface area (Å²) in [7, 11) is 0. The molecule has 0 fully saturated rings. The van der Waals surface area contributed by atoms with Crippen molar-refractivity contribution >= 4 is 5.82 Å². The molecule has 0 spiro atoms. The fourth-order valence-corrected chi connectivity index (χ4v) is 0.786. The molecule has 0 saturated heterocycles. The topological polar surface area (TPSA) is 88.7 Å². The van der Waals surface area contributed by atoms with Gasteiger partial charge in [-0.15, -0.1) is 0 Å². The van der Waals surface area contributed by atoms with Crippen LogP contribution < -0.4 is 11.5 Å².